The standard InChI is InChI=1S/C20H29N3O3/c1-22(17-9-11-21-14-17)20(25)16-6-5-12-23(15-16)19(24)10-13-26-18-7-3-2-4-8-18/h2-4,7-8,16-17,21H,5-6,9-15H2,1H3. The number of amides is 2. The number of likely N-dealkylation sites (tertiary alicyclic amines) is 1. The average molecular weight is 359 g/mol. The second-order valence-electron chi connectivity index (χ2n) is 7.19. The van der Waals surface area contributed by atoms with Crippen molar-refractivity contribution in [1.82, 2.24) is 15.1 Å². The Morgan fingerprint density at radius 1 is 1.27 bits per heavy atom. The van der Waals surface area contributed by atoms with Crippen LogP contribution in [0.2, 0.25) is 0 Å². The average Bonchev–Trinajstić information content (AvgIpc) is 3.22. The number of ether oxygens (including phenoxy) is 1. The van der Waals surface area contributed by atoms with Crippen LogP contribution in [0.4, 0.5) is 0 Å². The molecular weight excluding hydrogens is 330 g/mol. The Labute approximate surface area is 155 Å². The molecule has 0 aromatic heterocycles. The molecule has 0 spiro atoms. The molecule has 142 valence electrons. The molecule has 0 radical (unpaired) electrons. The lowest BCUT2D eigenvalue weighted by Crippen LogP contribution is -2.48. The molecule has 2 unspecified atom stereocenters. The number of benzene rings is 1. The number of hydrogen-bond donors (Lipinski definition) is 1. The van der Waals surface area contributed by atoms with E-state index in [2.05, 4.69) is 5.32 Å². The van der Waals surface area contributed by atoms with Crippen molar-refractivity contribution in [3.8, 4) is 5.75 Å². The van der Waals surface area contributed by atoms with Gasteiger partial charge in [0.1, 0.15) is 5.75 Å². The van der Waals surface area contributed by atoms with E-state index >= 15 is 0 Å². The first-order valence-electron chi connectivity index (χ1n) is 9.58. The molecular formula is C20H29N3O3. The molecule has 2 atom stereocenters. The number of rotatable bonds is 6. The molecule has 2 saturated heterocycles. The summed E-state index contributed by atoms with van der Waals surface area (Å²) in [7, 11) is 1.90. The van der Waals surface area contributed by atoms with Gasteiger partial charge in [0, 0.05) is 32.7 Å². The number of para-hydroxylation sites is 1. The first kappa shape index (κ1) is 18.7. The minimum atomic E-state index is -0.0756. The lowest BCUT2D eigenvalue weighted by molar-refractivity contribution is -0.141. The van der Waals surface area contributed by atoms with E-state index in [0.717, 1.165) is 44.6 Å². The maximum absolute atomic E-state index is 12.8. The molecule has 6 heteroatoms. The van der Waals surface area contributed by atoms with Crippen LogP contribution in [-0.2, 0) is 9.59 Å². The van der Waals surface area contributed by atoms with Gasteiger partial charge >= 0.3 is 0 Å². The summed E-state index contributed by atoms with van der Waals surface area (Å²) in [5.74, 6) is 0.951. The minimum absolute atomic E-state index is 0.0728. The summed E-state index contributed by atoms with van der Waals surface area (Å²) >= 11 is 0. The smallest absolute Gasteiger partial charge is 0.227 e. The molecule has 6 nitrogen and oxygen atoms in total. The molecule has 2 heterocycles. The first-order chi connectivity index (χ1) is 12.6. The number of nitrogens with zero attached hydrogens (tertiary/aromatic N) is 2. The third kappa shape index (κ3) is 4.75. The van der Waals surface area contributed by atoms with Gasteiger partial charge in [-0.3, -0.25) is 9.59 Å². The summed E-state index contributed by atoms with van der Waals surface area (Å²) in [6.07, 6.45) is 3.11. The van der Waals surface area contributed by atoms with Gasteiger partial charge in [0.05, 0.1) is 18.9 Å². The van der Waals surface area contributed by atoms with Gasteiger partial charge in [-0.1, -0.05) is 18.2 Å². The fourth-order valence-corrected chi connectivity index (χ4v) is 3.77. The van der Waals surface area contributed by atoms with E-state index in [1.54, 1.807) is 0 Å². The van der Waals surface area contributed by atoms with Crippen molar-refractivity contribution in [2.45, 2.75) is 31.7 Å². The maximum atomic E-state index is 12.8. The van der Waals surface area contributed by atoms with Crippen LogP contribution in [0.1, 0.15) is 25.7 Å². The van der Waals surface area contributed by atoms with E-state index in [9.17, 15) is 9.59 Å². The lowest BCUT2D eigenvalue weighted by atomic mass is 9.95. The number of likely N-dealkylation sites (N-methyl/N-ethyl adjacent to an activating group) is 1. The fourth-order valence-electron chi connectivity index (χ4n) is 3.77. The van der Waals surface area contributed by atoms with Crippen molar-refractivity contribution in [1.29, 1.82) is 0 Å². The predicted octanol–water partition coefficient (Wildman–Crippen LogP) is 1.51. The van der Waals surface area contributed by atoms with E-state index in [-0.39, 0.29) is 23.8 Å². The van der Waals surface area contributed by atoms with E-state index in [0.29, 0.717) is 19.6 Å². The zero-order valence-electron chi connectivity index (χ0n) is 15.5. The van der Waals surface area contributed by atoms with Crippen molar-refractivity contribution in [2.24, 2.45) is 5.92 Å². The number of carbonyl (C=O) groups is 2. The topological polar surface area (TPSA) is 61.9 Å². The van der Waals surface area contributed by atoms with Crippen LogP contribution in [0.3, 0.4) is 0 Å². The van der Waals surface area contributed by atoms with Gasteiger partial charge in [0.25, 0.3) is 0 Å². The number of carbonyl (C=O) groups excluding carboxylic acids is 2. The Morgan fingerprint density at radius 3 is 2.81 bits per heavy atom. The van der Waals surface area contributed by atoms with Gasteiger partial charge in [0.15, 0.2) is 0 Å². The first-order valence-corrected chi connectivity index (χ1v) is 9.58. The highest BCUT2D eigenvalue weighted by Crippen LogP contribution is 2.21. The SMILES string of the molecule is CN(C(=O)C1CCCN(C(=O)CCOc2ccccc2)C1)C1CCNC1. The molecule has 0 aliphatic carbocycles. The normalized spacial score (nSPS) is 22.9. The van der Waals surface area contributed by atoms with Gasteiger partial charge in [-0.25, -0.2) is 0 Å². The highest BCUT2D eigenvalue weighted by atomic mass is 16.5. The van der Waals surface area contributed by atoms with E-state index in [1.165, 1.54) is 0 Å². The Hall–Kier alpha value is -2.08. The largest absolute Gasteiger partial charge is 0.493 e. The molecule has 2 aliphatic rings. The van der Waals surface area contributed by atoms with Gasteiger partial charge in [-0.2, -0.15) is 0 Å². The van der Waals surface area contributed by atoms with Crippen LogP contribution < -0.4 is 10.1 Å². The molecule has 2 fully saturated rings. The van der Waals surface area contributed by atoms with Crippen LogP contribution in [-0.4, -0.2) is 67.5 Å². The summed E-state index contributed by atoms with van der Waals surface area (Å²) in [5.41, 5.74) is 0. The van der Waals surface area contributed by atoms with Crippen LogP contribution in [0, 0.1) is 5.92 Å². The van der Waals surface area contributed by atoms with E-state index < -0.39 is 0 Å². The number of hydrogen-bond acceptors (Lipinski definition) is 4. The predicted molar refractivity (Wildman–Crippen MR) is 99.9 cm³/mol. The van der Waals surface area contributed by atoms with Crippen LogP contribution in [0.15, 0.2) is 30.3 Å². The quantitative estimate of drug-likeness (QED) is 0.836. The van der Waals surface area contributed by atoms with Crippen molar-refractivity contribution in [3.63, 3.8) is 0 Å². The van der Waals surface area contributed by atoms with Crippen LogP contribution in [0.25, 0.3) is 0 Å². The molecule has 1 aromatic carbocycles. The summed E-state index contributed by atoms with van der Waals surface area (Å²) in [6, 6.07) is 9.80. The monoisotopic (exact) mass is 359 g/mol. The molecule has 2 aliphatic heterocycles. The Morgan fingerprint density at radius 2 is 2.08 bits per heavy atom. The second-order valence-corrected chi connectivity index (χ2v) is 7.19. The van der Waals surface area contributed by atoms with Crippen molar-refractivity contribution in [3.05, 3.63) is 30.3 Å². The lowest BCUT2D eigenvalue weighted by Gasteiger charge is -2.35. The molecule has 1 aromatic rings. The molecule has 0 bridgehead atoms. The third-order valence-electron chi connectivity index (χ3n) is 5.38. The van der Waals surface area contributed by atoms with Crippen molar-refractivity contribution >= 4 is 11.8 Å². The maximum Gasteiger partial charge on any atom is 0.227 e. The number of piperidine rings is 1. The summed E-state index contributed by atoms with van der Waals surface area (Å²) < 4.78 is 5.62. The highest BCUT2D eigenvalue weighted by molar-refractivity contribution is 5.81. The molecule has 1 N–H and O–H groups in total. The van der Waals surface area contributed by atoms with Gasteiger partial charge in [0.2, 0.25) is 11.8 Å². The number of nitrogens with one attached hydrogen (secondary N) is 1. The third-order valence-corrected chi connectivity index (χ3v) is 5.38. The highest BCUT2D eigenvalue weighted by Gasteiger charge is 2.33. The zero-order valence-corrected chi connectivity index (χ0v) is 15.5. The van der Waals surface area contributed by atoms with E-state index in [1.807, 2.05) is 47.2 Å². The Kier molecular flexibility index (Phi) is 6.50. The molecule has 3 rings (SSSR count). The Balaban J connectivity index is 1.46. The van der Waals surface area contributed by atoms with Gasteiger partial charge in [-0.15, -0.1) is 0 Å². The fraction of sp³-hybridized carbons (Fsp3) is 0.600. The molecule has 2 amide bonds. The zero-order chi connectivity index (χ0) is 18.4. The minimum Gasteiger partial charge on any atom is -0.493 e. The van der Waals surface area contributed by atoms with E-state index in [4.69, 9.17) is 4.74 Å². The van der Waals surface area contributed by atoms with Crippen LogP contribution in [0.5, 0.6) is 5.75 Å². The van der Waals surface area contributed by atoms with Crippen LogP contribution >= 0.6 is 0 Å². The van der Waals surface area contributed by atoms with Gasteiger partial charge in [-0.05, 0) is 37.9 Å². The second kappa shape index (κ2) is 9.03. The molecule has 26 heavy (non-hydrogen) atoms. The van der Waals surface area contributed by atoms with Crippen molar-refractivity contribution in [2.75, 3.05) is 39.8 Å². The summed E-state index contributed by atoms with van der Waals surface area (Å²) in [6.45, 7) is 3.48. The summed E-state index contributed by atoms with van der Waals surface area (Å²) in [5, 5.41) is 3.30. The molecule has 0 saturated carbocycles. The Bertz CT molecular complexity index is 602. The van der Waals surface area contributed by atoms with Crippen molar-refractivity contribution < 1.29 is 14.3 Å². The summed E-state index contributed by atoms with van der Waals surface area (Å²) in [4.78, 5) is 29.0. The van der Waals surface area contributed by atoms with Gasteiger partial charge < -0.3 is 19.9 Å².